The average Bonchev–Trinajstić information content (AvgIpc) is 2.39. The molecule has 1 aromatic rings. The summed E-state index contributed by atoms with van der Waals surface area (Å²) in [6.07, 6.45) is 0.599. The van der Waals surface area contributed by atoms with E-state index >= 15 is 0 Å². The molecule has 1 aromatic carbocycles. The highest BCUT2D eigenvalue weighted by molar-refractivity contribution is 6.31. The predicted octanol–water partition coefficient (Wildman–Crippen LogP) is 4.55. The number of hydrogen-bond acceptors (Lipinski definition) is 3. The van der Waals surface area contributed by atoms with E-state index in [0.717, 1.165) is 33.9 Å². The van der Waals surface area contributed by atoms with Gasteiger partial charge < -0.3 is 14.4 Å². The standard InChI is InChI=1S/C18H26ClNO3/c1-7-12-8-14(19)11(2)15(16(12)22-6)13-9-20(10-13)17(21)23-18(3,4)5/h8,13H,7,9-10H2,1-6H3. The molecule has 128 valence electrons. The van der Waals surface area contributed by atoms with Gasteiger partial charge in [0.25, 0.3) is 0 Å². The number of amides is 1. The van der Waals surface area contributed by atoms with Gasteiger partial charge in [0.05, 0.1) is 7.11 Å². The number of nitrogens with zero attached hydrogens (tertiary/aromatic N) is 1. The number of carbonyl (C=O) groups is 1. The van der Waals surface area contributed by atoms with Crippen molar-refractivity contribution in [2.24, 2.45) is 0 Å². The summed E-state index contributed by atoms with van der Waals surface area (Å²) in [6, 6.07) is 1.98. The molecule has 0 aromatic heterocycles. The van der Waals surface area contributed by atoms with Crippen molar-refractivity contribution in [3.63, 3.8) is 0 Å². The smallest absolute Gasteiger partial charge is 0.410 e. The summed E-state index contributed by atoms with van der Waals surface area (Å²) < 4.78 is 11.1. The monoisotopic (exact) mass is 339 g/mol. The Kier molecular flexibility index (Phi) is 5.14. The van der Waals surface area contributed by atoms with E-state index < -0.39 is 5.60 Å². The molecule has 0 N–H and O–H groups in total. The van der Waals surface area contributed by atoms with Crippen LogP contribution in [0.1, 0.15) is 50.3 Å². The molecule has 0 spiro atoms. The van der Waals surface area contributed by atoms with E-state index in [0.29, 0.717) is 13.1 Å². The van der Waals surface area contributed by atoms with Crippen molar-refractivity contribution >= 4 is 17.7 Å². The second-order valence-corrected chi connectivity index (χ2v) is 7.43. The molecule has 1 heterocycles. The second kappa shape index (κ2) is 6.60. The number of benzene rings is 1. The fraction of sp³-hybridized carbons (Fsp3) is 0.611. The van der Waals surface area contributed by atoms with Gasteiger partial charge in [-0.1, -0.05) is 18.5 Å². The Morgan fingerprint density at radius 1 is 1.39 bits per heavy atom. The zero-order chi connectivity index (χ0) is 17.4. The highest BCUT2D eigenvalue weighted by Crippen LogP contribution is 2.41. The van der Waals surface area contributed by atoms with Crippen LogP contribution in [0.2, 0.25) is 5.02 Å². The van der Waals surface area contributed by atoms with Gasteiger partial charge in [-0.2, -0.15) is 0 Å². The van der Waals surface area contributed by atoms with Crippen LogP contribution in [0.3, 0.4) is 0 Å². The van der Waals surface area contributed by atoms with Gasteiger partial charge in [-0.15, -0.1) is 0 Å². The Bertz CT molecular complexity index is 601. The molecular formula is C18H26ClNO3. The van der Waals surface area contributed by atoms with Crippen LogP contribution < -0.4 is 4.74 Å². The molecule has 1 amide bonds. The fourth-order valence-electron chi connectivity index (χ4n) is 2.93. The molecule has 0 unspecified atom stereocenters. The Labute approximate surface area is 143 Å². The number of ether oxygens (including phenoxy) is 2. The first-order chi connectivity index (χ1) is 10.7. The first-order valence-corrected chi connectivity index (χ1v) is 8.39. The molecule has 1 saturated heterocycles. The Morgan fingerprint density at radius 3 is 2.48 bits per heavy atom. The molecule has 0 atom stereocenters. The van der Waals surface area contributed by atoms with Gasteiger partial charge in [0.1, 0.15) is 11.4 Å². The summed E-state index contributed by atoms with van der Waals surface area (Å²) in [6.45, 7) is 11.0. The highest BCUT2D eigenvalue weighted by Gasteiger charge is 2.37. The number of methoxy groups -OCH3 is 1. The third kappa shape index (κ3) is 3.74. The topological polar surface area (TPSA) is 38.8 Å². The summed E-state index contributed by atoms with van der Waals surface area (Å²) in [5, 5.41) is 0.758. The molecule has 1 aliphatic heterocycles. The van der Waals surface area contributed by atoms with E-state index in [1.807, 2.05) is 33.8 Å². The normalized spacial score (nSPS) is 15.3. The molecule has 0 radical (unpaired) electrons. The first-order valence-electron chi connectivity index (χ1n) is 8.01. The van der Waals surface area contributed by atoms with Gasteiger partial charge in [-0.25, -0.2) is 4.79 Å². The van der Waals surface area contributed by atoms with Crippen LogP contribution in [0.25, 0.3) is 0 Å². The number of halogens is 1. The summed E-state index contributed by atoms with van der Waals surface area (Å²) in [4.78, 5) is 13.8. The molecule has 23 heavy (non-hydrogen) atoms. The van der Waals surface area contributed by atoms with E-state index in [9.17, 15) is 4.79 Å². The highest BCUT2D eigenvalue weighted by atomic mass is 35.5. The lowest BCUT2D eigenvalue weighted by Crippen LogP contribution is -2.50. The Balaban J connectivity index is 2.19. The molecule has 0 saturated carbocycles. The summed E-state index contributed by atoms with van der Waals surface area (Å²) >= 11 is 6.38. The predicted molar refractivity (Wildman–Crippen MR) is 92.7 cm³/mol. The van der Waals surface area contributed by atoms with Gasteiger partial charge >= 0.3 is 6.09 Å². The van der Waals surface area contributed by atoms with Crippen molar-refractivity contribution in [3.8, 4) is 5.75 Å². The summed E-state index contributed by atoms with van der Waals surface area (Å²) in [7, 11) is 1.69. The van der Waals surface area contributed by atoms with Crippen molar-refractivity contribution in [1.29, 1.82) is 0 Å². The lowest BCUT2D eigenvalue weighted by Gasteiger charge is -2.41. The van der Waals surface area contributed by atoms with E-state index in [2.05, 4.69) is 6.92 Å². The van der Waals surface area contributed by atoms with Gasteiger partial charge in [0.15, 0.2) is 0 Å². The lowest BCUT2D eigenvalue weighted by atomic mass is 9.86. The van der Waals surface area contributed by atoms with E-state index in [1.54, 1.807) is 12.0 Å². The van der Waals surface area contributed by atoms with Crippen LogP contribution in [0.15, 0.2) is 6.07 Å². The first kappa shape index (κ1) is 17.9. The van der Waals surface area contributed by atoms with Crippen LogP contribution in [-0.2, 0) is 11.2 Å². The van der Waals surface area contributed by atoms with Gasteiger partial charge in [-0.3, -0.25) is 0 Å². The minimum atomic E-state index is -0.471. The third-order valence-corrected chi connectivity index (χ3v) is 4.52. The van der Waals surface area contributed by atoms with Crippen LogP contribution in [0, 0.1) is 6.92 Å². The zero-order valence-electron chi connectivity index (χ0n) is 14.8. The van der Waals surface area contributed by atoms with Crippen molar-refractivity contribution in [2.75, 3.05) is 20.2 Å². The van der Waals surface area contributed by atoms with Crippen LogP contribution in [0.4, 0.5) is 4.79 Å². The number of rotatable bonds is 3. The molecule has 0 bridgehead atoms. The number of likely N-dealkylation sites (tertiary alicyclic amines) is 1. The van der Waals surface area contributed by atoms with Gasteiger partial charge in [0, 0.05) is 29.6 Å². The van der Waals surface area contributed by atoms with Crippen LogP contribution in [0.5, 0.6) is 5.75 Å². The average molecular weight is 340 g/mol. The second-order valence-electron chi connectivity index (χ2n) is 7.03. The summed E-state index contributed by atoms with van der Waals surface area (Å²) in [5.74, 6) is 1.14. The van der Waals surface area contributed by atoms with Crippen molar-refractivity contribution in [3.05, 3.63) is 27.8 Å². The number of aryl methyl sites for hydroxylation is 1. The van der Waals surface area contributed by atoms with Crippen molar-refractivity contribution < 1.29 is 14.3 Å². The van der Waals surface area contributed by atoms with Crippen molar-refractivity contribution in [2.45, 2.75) is 52.6 Å². The minimum absolute atomic E-state index is 0.237. The molecule has 2 rings (SSSR count). The van der Waals surface area contributed by atoms with E-state index in [4.69, 9.17) is 21.1 Å². The van der Waals surface area contributed by atoms with Crippen LogP contribution in [-0.4, -0.2) is 36.8 Å². The quantitative estimate of drug-likeness (QED) is 0.810. The zero-order valence-corrected chi connectivity index (χ0v) is 15.6. The SMILES string of the molecule is CCc1cc(Cl)c(C)c(C2CN(C(=O)OC(C)(C)C)C2)c1OC. The Hall–Kier alpha value is -1.42. The molecule has 0 aliphatic carbocycles. The van der Waals surface area contributed by atoms with Gasteiger partial charge in [0.2, 0.25) is 0 Å². The maximum absolute atomic E-state index is 12.1. The third-order valence-electron chi connectivity index (χ3n) is 4.13. The van der Waals surface area contributed by atoms with Gasteiger partial charge in [-0.05, 0) is 51.3 Å². The molecule has 1 aliphatic rings. The maximum Gasteiger partial charge on any atom is 0.410 e. The summed E-state index contributed by atoms with van der Waals surface area (Å²) in [5.41, 5.74) is 2.79. The largest absolute Gasteiger partial charge is 0.496 e. The van der Waals surface area contributed by atoms with Crippen LogP contribution >= 0.6 is 11.6 Å². The van der Waals surface area contributed by atoms with E-state index in [-0.39, 0.29) is 12.0 Å². The molecule has 5 heteroatoms. The number of carbonyl (C=O) groups excluding carboxylic acids is 1. The van der Waals surface area contributed by atoms with Crippen molar-refractivity contribution in [1.82, 2.24) is 4.90 Å². The number of hydrogen-bond donors (Lipinski definition) is 0. The Morgan fingerprint density at radius 2 is 2.00 bits per heavy atom. The molecular weight excluding hydrogens is 314 g/mol. The molecule has 1 fully saturated rings. The molecule has 4 nitrogen and oxygen atoms in total. The fourth-order valence-corrected chi connectivity index (χ4v) is 3.16. The lowest BCUT2D eigenvalue weighted by molar-refractivity contribution is 0.00794. The minimum Gasteiger partial charge on any atom is -0.496 e. The maximum atomic E-state index is 12.1. The van der Waals surface area contributed by atoms with E-state index in [1.165, 1.54) is 0 Å².